The van der Waals surface area contributed by atoms with Crippen molar-refractivity contribution in [3.63, 3.8) is 0 Å². The highest BCUT2D eigenvalue weighted by molar-refractivity contribution is 6.00. The van der Waals surface area contributed by atoms with E-state index in [9.17, 15) is 19.2 Å². The highest BCUT2D eigenvalue weighted by Crippen LogP contribution is 2.38. The summed E-state index contributed by atoms with van der Waals surface area (Å²) in [5.41, 5.74) is 8.64. The molecule has 2 aliphatic rings. The van der Waals surface area contributed by atoms with E-state index in [0.29, 0.717) is 75.5 Å². The summed E-state index contributed by atoms with van der Waals surface area (Å²) in [6, 6.07) is 32.9. The van der Waals surface area contributed by atoms with E-state index in [1.807, 2.05) is 91.8 Å². The fourth-order valence-electron chi connectivity index (χ4n) is 9.39. The fraction of sp³-hybridized carbons (Fsp3) is 0.429. The van der Waals surface area contributed by atoms with Gasteiger partial charge in [0.2, 0.25) is 0 Å². The van der Waals surface area contributed by atoms with Crippen LogP contribution in [-0.4, -0.2) is 94.5 Å². The van der Waals surface area contributed by atoms with Crippen molar-refractivity contribution < 1.29 is 38.1 Å². The van der Waals surface area contributed by atoms with Gasteiger partial charge in [0, 0.05) is 60.8 Å². The van der Waals surface area contributed by atoms with Gasteiger partial charge in [-0.05, 0) is 126 Å². The minimum absolute atomic E-state index is 0.251. The second kappa shape index (κ2) is 21.6. The van der Waals surface area contributed by atoms with E-state index < -0.39 is 11.2 Å². The number of piperidine rings is 2. The maximum absolute atomic E-state index is 12.8. The van der Waals surface area contributed by atoms with Crippen LogP contribution in [0.3, 0.4) is 0 Å². The molecule has 360 valence electrons. The van der Waals surface area contributed by atoms with E-state index in [0.717, 1.165) is 69.7 Å². The van der Waals surface area contributed by atoms with Gasteiger partial charge in [0.15, 0.2) is 0 Å². The maximum atomic E-state index is 12.8. The predicted octanol–water partition coefficient (Wildman–Crippen LogP) is 12.1. The number of amides is 2. The molecule has 4 heterocycles. The Hall–Kier alpha value is -6.56. The number of carbonyl (C=O) groups excluding carboxylic acids is 4. The Kier molecular flexibility index (Phi) is 15.7. The van der Waals surface area contributed by atoms with E-state index in [1.54, 1.807) is 9.80 Å². The van der Waals surface area contributed by atoms with Crippen LogP contribution in [0.5, 0.6) is 0 Å². The van der Waals surface area contributed by atoms with Crippen LogP contribution in [0.25, 0.3) is 21.8 Å². The number of nitrogens with one attached hydrogen (secondary N) is 2. The van der Waals surface area contributed by atoms with Gasteiger partial charge in [-0.3, -0.25) is 0 Å². The third-order valence-corrected chi connectivity index (χ3v) is 12.5. The Morgan fingerprint density at radius 1 is 0.515 bits per heavy atom. The number of rotatable bonds is 10. The SMILES string of the molecule is CCOC(=O)c1[nH]c2c(C3CCN(C(=O)OC(C)(C)C)CC3)cccc2c1Cc1ccccc1.CCOC(=O)c1[nH]c2c(C3CCN(C(=O)OC(C)(C)C)CC3)cccc2c1Cc1ccccc1. The smallest absolute Gasteiger partial charge is 0.410 e. The molecule has 0 saturated carbocycles. The lowest BCUT2D eigenvalue weighted by Gasteiger charge is -2.33. The average molecular weight is 925 g/mol. The average Bonchev–Trinajstić information content (AvgIpc) is 3.87. The molecule has 2 amide bonds. The number of carbonyl (C=O) groups is 4. The monoisotopic (exact) mass is 925 g/mol. The first kappa shape index (κ1) is 49.3. The zero-order valence-corrected chi connectivity index (χ0v) is 41.0. The van der Waals surface area contributed by atoms with E-state index in [-0.39, 0.29) is 24.1 Å². The Morgan fingerprint density at radius 2 is 0.868 bits per heavy atom. The first-order valence-electron chi connectivity index (χ1n) is 24.2. The lowest BCUT2D eigenvalue weighted by molar-refractivity contribution is 0.0194. The molecule has 8 rings (SSSR count). The summed E-state index contributed by atoms with van der Waals surface area (Å²) in [6.45, 7) is 18.2. The number of fused-ring (bicyclic) bond motifs is 2. The molecular formula is C56H68N4O8. The van der Waals surface area contributed by atoms with Crippen LogP contribution < -0.4 is 0 Å². The van der Waals surface area contributed by atoms with Gasteiger partial charge in [0.25, 0.3) is 0 Å². The minimum atomic E-state index is -0.498. The van der Waals surface area contributed by atoms with E-state index in [4.69, 9.17) is 18.9 Å². The van der Waals surface area contributed by atoms with Crippen LogP contribution in [0.15, 0.2) is 97.1 Å². The number of likely N-dealkylation sites (tertiary alicyclic amines) is 2. The van der Waals surface area contributed by atoms with Crippen LogP contribution in [0.1, 0.15) is 147 Å². The summed E-state index contributed by atoms with van der Waals surface area (Å²) < 4.78 is 21.8. The molecule has 2 aliphatic heterocycles. The molecule has 0 unspecified atom stereocenters. The molecular weight excluding hydrogens is 857 g/mol. The fourth-order valence-corrected chi connectivity index (χ4v) is 9.39. The zero-order chi connectivity index (χ0) is 48.6. The van der Waals surface area contributed by atoms with E-state index in [1.165, 1.54) is 11.1 Å². The van der Waals surface area contributed by atoms with Crippen LogP contribution in [-0.2, 0) is 31.8 Å². The van der Waals surface area contributed by atoms with E-state index in [2.05, 4.69) is 70.6 Å². The number of para-hydroxylation sites is 2. The first-order chi connectivity index (χ1) is 32.5. The summed E-state index contributed by atoms with van der Waals surface area (Å²) in [5.74, 6) is -0.0630. The number of benzene rings is 4. The van der Waals surface area contributed by atoms with Crippen molar-refractivity contribution >= 4 is 45.9 Å². The molecule has 12 nitrogen and oxygen atoms in total. The van der Waals surface area contributed by atoms with Crippen molar-refractivity contribution in [1.82, 2.24) is 19.8 Å². The number of nitrogens with zero attached hydrogens (tertiary/aromatic N) is 2. The molecule has 0 aliphatic carbocycles. The Bertz CT molecular complexity index is 2490. The number of hydrogen-bond donors (Lipinski definition) is 2. The number of aromatic amines is 2. The summed E-state index contributed by atoms with van der Waals surface area (Å²) >= 11 is 0. The lowest BCUT2D eigenvalue weighted by Crippen LogP contribution is -2.41. The molecule has 0 atom stereocenters. The Labute approximate surface area is 400 Å². The third-order valence-electron chi connectivity index (χ3n) is 12.5. The van der Waals surface area contributed by atoms with Crippen LogP contribution >= 0.6 is 0 Å². The Balaban J connectivity index is 0.000000201. The van der Waals surface area contributed by atoms with Gasteiger partial charge in [-0.15, -0.1) is 0 Å². The second-order valence-electron chi connectivity index (χ2n) is 19.7. The van der Waals surface area contributed by atoms with Crippen molar-refractivity contribution in [3.8, 4) is 0 Å². The topological polar surface area (TPSA) is 143 Å². The predicted molar refractivity (Wildman–Crippen MR) is 267 cm³/mol. The number of esters is 2. The van der Waals surface area contributed by atoms with Gasteiger partial charge in [0.05, 0.1) is 13.2 Å². The quantitative estimate of drug-likeness (QED) is 0.102. The number of H-pyrrole nitrogens is 2. The molecule has 4 aromatic carbocycles. The van der Waals surface area contributed by atoms with Crippen molar-refractivity contribution in [2.45, 2.75) is 117 Å². The van der Waals surface area contributed by atoms with Gasteiger partial charge >= 0.3 is 24.1 Å². The molecule has 6 aromatic rings. The van der Waals surface area contributed by atoms with Gasteiger partial charge in [-0.25, -0.2) is 19.2 Å². The summed E-state index contributed by atoms with van der Waals surface area (Å²) in [5, 5.41) is 2.11. The third kappa shape index (κ3) is 12.1. The molecule has 12 heteroatoms. The molecule has 68 heavy (non-hydrogen) atoms. The number of hydrogen-bond acceptors (Lipinski definition) is 8. The maximum Gasteiger partial charge on any atom is 0.410 e. The van der Waals surface area contributed by atoms with Gasteiger partial charge in [-0.2, -0.15) is 0 Å². The van der Waals surface area contributed by atoms with Crippen molar-refractivity contribution in [3.05, 3.63) is 142 Å². The summed E-state index contributed by atoms with van der Waals surface area (Å²) in [6.07, 6.45) is 4.18. The van der Waals surface area contributed by atoms with Crippen molar-refractivity contribution in [1.29, 1.82) is 0 Å². The standard InChI is InChI=1S/2C28H34N2O4/c2*1-5-33-26(31)25-23(18-19-10-7-6-8-11-19)22-13-9-12-21(24(22)29-25)20-14-16-30(17-15-20)27(32)34-28(2,3)4/h2*6-13,20,29H,5,14-18H2,1-4H3. The van der Waals surface area contributed by atoms with Crippen LogP contribution in [0.2, 0.25) is 0 Å². The highest BCUT2D eigenvalue weighted by Gasteiger charge is 2.32. The number of ether oxygens (including phenoxy) is 4. The molecule has 0 radical (unpaired) electrons. The van der Waals surface area contributed by atoms with Crippen molar-refractivity contribution in [2.75, 3.05) is 39.4 Å². The van der Waals surface area contributed by atoms with Crippen molar-refractivity contribution in [2.24, 2.45) is 0 Å². The zero-order valence-electron chi connectivity index (χ0n) is 41.0. The van der Waals surface area contributed by atoms with Crippen LogP contribution in [0, 0.1) is 0 Å². The van der Waals surface area contributed by atoms with Gasteiger partial charge in [-0.1, -0.05) is 97.1 Å². The summed E-state index contributed by atoms with van der Waals surface area (Å²) in [4.78, 5) is 61.0. The Morgan fingerprint density at radius 3 is 1.19 bits per heavy atom. The van der Waals surface area contributed by atoms with Crippen LogP contribution in [0.4, 0.5) is 9.59 Å². The van der Waals surface area contributed by atoms with E-state index >= 15 is 0 Å². The molecule has 0 bridgehead atoms. The second-order valence-corrected chi connectivity index (χ2v) is 19.7. The lowest BCUT2D eigenvalue weighted by atomic mass is 9.88. The molecule has 2 aromatic heterocycles. The molecule has 2 fully saturated rings. The first-order valence-corrected chi connectivity index (χ1v) is 24.2. The molecule has 2 saturated heterocycles. The minimum Gasteiger partial charge on any atom is -0.461 e. The normalized spacial score (nSPS) is 14.9. The number of aromatic nitrogens is 2. The molecule has 2 N–H and O–H groups in total. The molecule has 0 spiro atoms. The highest BCUT2D eigenvalue weighted by atomic mass is 16.6. The summed E-state index contributed by atoms with van der Waals surface area (Å²) in [7, 11) is 0. The largest absolute Gasteiger partial charge is 0.461 e. The van der Waals surface area contributed by atoms with Gasteiger partial charge < -0.3 is 38.7 Å². The van der Waals surface area contributed by atoms with Gasteiger partial charge in [0.1, 0.15) is 22.6 Å².